The van der Waals surface area contributed by atoms with Crippen LogP contribution in [-0.4, -0.2) is 17.2 Å². The highest BCUT2D eigenvalue weighted by atomic mass is 32.1. The first-order valence-electron chi connectivity index (χ1n) is 6.22. The fraction of sp³-hybridized carbons (Fsp3) is 0.400. The third-order valence-corrected chi connectivity index (χ3v) is 4.33. The lowest BCUT2D eigenvalue weighted by Gasteiger charge is -2.23. The molecule has 0 spiro atoms. The standard InChI is InChI=1S/C15H19NO2S/c1-10-11(2)19-14(16-10)9-15(3,17)12-6-5-7-13(8-12)18-4/h5-8,17H,9H2,1-4H3. The van der Waals surface area contributed by atoms with E-state index in [9.17, 15) is 5.11 Å². The molecule has 1 unspecified atom stereocenters. The molecule has 0 aliphatic heterocycles. The largest absolute Gasteiger partial charge is 0.497 e. The summed E-state index contributed by atoms with van der Waals surface area (Å²) in [7, 11) is 1.63. The Labute approximate surface area is 117 Å². The summed E-state index contributed by atoms with van der Waals surface area (Å²) in [6.45, 7) is 5.86. The molecule has 102 valence electrons. The smallest absolute Gasteiger partial charge is 0.119 e. The molecule has 2 rings (SSSR count). The molecule has 1 N–H and O–H groups in total. The summed E-state index contributed by atoms with van der Waals surface area (Å²) in [5, 5.41) is 11.6. The van der Waals surface area contributed by atoms with Crippen LogP contribution in [0.15, 0.2) is 24.3 Å². The lowest BCUT2D eigenvalue weighted by Crippen LogP contribution is -2.24. The molecule has 0 aliphatic carbocycles. The first kappa shape index (κ1) is 14.0. The van der Waals surface area contributed by atoms with Crippen LogP contribution in [0.5, 0.6) is 5.75 Å². The third-order valence-electron chi connectivity index (χ3n) is 3.26. The highest BCUT2D eigenvalue weighted by molar-refractivity contribution is 7.11. The number of aromatic nitrogens is 1. The minimum Gasteiger partial charge on any atom is -0.497 e. The van der Waals surface area contributed by atoms with Crippen molar-refractivity contribution in [2.45, 2.75) is 32.8 Å². The molecular formula is C15H19NO2S. The van der Waals surface area contributed by atoms with Gasteiger partial charge in [0.15, 0.2) is 0 Å². The van der Waals surface area contributed by atoms with Crippen LogP contribution in [0.4, 0.5) is 0 Å². The summed E-state index contributed by atoms with van der Waals surface area (Å²) in [6, 6.07) is 7.54. The molecule has 0 saturated heterocycles. The van der Waals surface area contributed by atoms with Crippen molar-refractivity contribution in [1.82, 2.24) is 4.98 Å². The Hall–Kier alpha value is -1.39. The van der Waals surface area contributed by atoms with Gasteiger partial charge in [0.25, 0.3) is 0 Å². The second kappa shape index (κ2) is 5.31. The summed E-state index contributed by atoms with van der Waals surface area (Å²) in [5.41, 5.74) is 0.949. The molecule has 0 aliphatic rings. The van der Waals surface area contributed by atoms with Crippen LogP contribution < -0.4 is 4.74 Å². The Bertz CT molecular complexity index is 556. The third kappa shape index (κ3) is 3.14. The van der Waals surface area contributed by atoms with Crippen molar-refractivity contribution in [3.63, 3.8) is 0 Å². The van der Waals surface area contributed by atoms with Gasteiger partial charge >= 0.3 is 0 Å². The minimum atomic E-state index is -0.939. The van der Waals surface area contributed by atoms with E-state index in [-0.39, 0.29) is 0 Å². The maximum absolute atomic E-state index is 10.7. The second-order valence-corrected chi connectivity index (χ2v) is 6.22. The predicted octanol–water partition coefficient (Wildman–Crippen LogP) is 3.22. The number of hydrogen-bond donors (Lipinski definition) is 1. The van der Waals surface area contributed by atoms with Gasteiger partial charge in [0.2, 0.25) is 0 Å². The summed E-state index contributed by atoms with van der Waals surface area (Å²) in [4.78, 5) is 5.70. The van der Waals surface area contributed by atoms with Gasteiger partial charge in [-0.2, -0.15) is 0 Å². The fourth-order valence-electron chi connectivity index (χ4n) is 1.97. The highest BCUT2D eigenvalue weighted by Crippen LogP contribution is 2.30. The summed E-state index contributed by atoms with van der Waals surface area (Å²) >= 11 is 1.64. The predicted molar refractivity (Wildman–Crippen MR) is 77.9 cm³/mol. The molecule has 2 aromatic rings. The number of ether oxygens (including phenoxy) is 1. The van der Waals surface area contributed by atoms with Crippen molar-refractivity contribution >= 4 is 11.3 Å². The second-order valence-electron chi connectivity index (χ2n) is 4.93. The number of aliphatic hydroxyl groups is 1. The van der Waals surface area contributed by atoms with E-state index in [4.69, 9.17) is 4.74 Å². The van der Waals surface area contributed by atoms with Crippen molar-refractivity contribution in [2.75, 3.05) is 7.11 Å². The molecule has 1 aromatic heterocycles. The van der Waals surface area contributed by atoms with Gasteiger partial charge in [0, 0.05) is 11.3 Å². The quantitative estimate of drug-likeness (QED) is 0.933. The SMILES string of the molecule is COc1cccc(C(C)(O)Cc2nc(C)c(C)s2)c1. The van der Waals surface area contributed by atoms with E-state index in [2.05, 4.69) is 11.9 Å². The summed E-state index contributed by atoms with van der Waals surface area (Å²) in [5.74, 6) is 0.754. The van der Waals surface area contributed by atoms with Gasteiger partial charge in [0.05, 0.1) is 23.4 Å². The van der Waals surface area contributed by atoms with E-state index in [0.29, 0.717) is 6.42 Å². The Kier molecular flexibility index (Phi) is 3.92. The van der Waals surface area contributed by atoms with Crippen molar-refractivity contribution < 1.29 is 9.84 Å². The van der Waals surface area contributed by atoms with Gasteiger partial charge < -0.3 is 9.84 Å². The van der Waals surface area contributed by atoms with E-state index < -0.39 is 5.60 Å². The van der Waals surface area contributed by atoms with E-state index in [0.717, 1.165) is 22.0 Å². The van der Waals surface area contributed by atoms with Gasteiger partial charge in [-0.15, -0.1) is 11.3 Å². The van der Waals surface area contributed by atoms with Crippen LogP contribution in [0, 0.1) is 13.8 Å². The molecule has 19 heavy (non-hydrogen) atoms. The molecule has 1 aromatic carbocycles. The topological polar surface area (TPSA) is 42.4 Å². The molecule has 4 heteroatoms. The van der Waals surface area contributed by atoms with Gasteiger partial charge in [-0.05, 0) is 38.5 Å². The van der Waals surface area contributed by atoms with E-state index in [1.165, 1.54) is 4.88 Å². The molecule has 1 heterocycles. The lowest BCUT2D eigenvalue weighted by atomic mass is 9.93. The zero-order valence-corrected chi connectivity index (χ0v) is 12.5. The highest BCUT2D eigenvalue weighted by Gasteiger charge is 2.25. The van der Waals surface area contributed by atoms with Gasteiger partial charge in [-0.3, -0.25) is 0 Å². The molecule has 3 nitrogen and oxygen atoms in total. The van der Waals surface area contributed by atoms with Gasteiger partial charge in [0.1, 0.15) is 5.75 Å². The number of benzene rings is 1. The fourth-order valence-corrected chi connectivity index (χ4v) is 3.05. The Morgan fingerprint density at radius 1 is 1.37 bits per heavy atom. The van der Waals surface area contributed by atoms with Gasteiger partial charge in [-0.25, -0.2) is 4.98 Å². The Morgan fingerprint density at radius 3 is 2.68 bits per heavy atom. The van der Waals surface area contributed by atoms with Crippen LogP contribution in [0.3, 0.4) is 0 Å². The maximum atomic E-state index is 10.7. The maximum Gasteiger partial charge on any atom is 0.119 e. The number of hydrogen-bond acceptors (Lipinski definition) is 4. The monoisotopic (exact) mass is 277 g/mol. The molecular weight excluding hydrogens is 258 g/mol. The van der Waals surface area contributed by atoms with E-state index in [1.54, 1.807) is 18.4 Å². The number of thiazole rings is 1. The summed E-state index contributed by atoms with van der Waals surface area (Å²) < 4.78 is 5.20. The lowest BCUT2D eigenvalue weighted by molar-refractivity contribution is 0.0573. The van der Waals surface area contributed by atoms with Crippen LogP contribution in [-0.2, 0) is 12.0 Å². The molecule has 1 atom stereocenters. The molecule has 0 amide bonds. The van der Waals surface area contributed by atoms with Crippen LogP contribution in [0.25, 0.3) is 0 Å². The van der Waals surface area contributed by atoms with E-state index in [1.807, 2.05) is 38.1 Å². The van der Waals surface area contributed by atoms with Crippen molar-refractivity contribution in [3.8, 4) is 5.75 Å². The summed E-state index contributed by atoms with van der Waals surface area (Å²) in [6.07, 6.45) is 0.513. The molecule has 0 saturated carbocycles. The van der Waals surface area contributed by atoms with Crippen molar-refractivity contribution in [3.05, 3.63) is 45.4 Å². The molecule has 0 radical (unpaired) electrons. The first-order valence-corrected chi connectivity index (χ1v) is 7.04. The molecule has 0 bridgehead atoms. The van der Waals surface area contributed by atoms with Crippen molar-refractivity contribution in [1.29, 1.82) is 0 Å². The zero-order valence-electron chi connectivity index (χ0n) is 11.7. The normalized spacial score (nSPS) is 14.2. The first-order chi connectivity index (χ1) is 8.92. The Balaban J connectivity index is 2.25. The molecule has 0 fully saturated rings. The van der Waals surface area contributed by atoms with Gasteiger partial charge in [-0.1, -0.05) is 12.1 Å². The average Bonchev–Trinajstić information content (AvgIpc) is 2.67. The van der Waals surface area contributed by atoms with Crippen LogP contribution in [0.1, 0.15) is 28.1 Å². The van der Waals surface area contributed by atoms with Crippen LogP contribution >= 0.6 is 11.3 Å². The average molecular weight is 277 g/mol. The number of nitrogens with zero attached hydrogens (tertiary/aromatic N) is 1. The minimum absolute atomic E-state index is 0.513. The van der Waals surface area contributed by atoms with E-state index >= 15 is 0 Å². The number of methoxy groups -OCH3 is 1. The number of aryl methyl sites for hydroxylation is 2. The Morgan fingerprint density at radius 2 is 2.11 bits per heavy atom. The van der Waals surface area contributed by atoms with Crippen LogP contribution in [0.2, 0.25) is 0 Å². The number of rotatable bonds is 4. The van der Waals surface area contributed by atoms with Crippen molar-refractivity contribution in [2.24, 2.45) is 0 Å². The zero-order chi connectivity index (χ0) is 14.0.